The third-order valence-corrected chi connectivity index (χ3v) is 4.18. The Balaban J connectivity index is 2.19. The average molecular weight is 253 g/mol. The summed E-state index contributed by atoms with van der Waals surface area (Å²) in [5.74, 6) is -0.179. The summed E-state index contributed by atoms with van der Waals surface area (Å²) in [6.07, 6.45) is -0.464. The Kier molecular flexibility index (Phi) is 3.11. The number of benzene rings is 1. The molecule has 1 aromatic rings. The summed E-state index contributed by atoms with van der Waals surface area (Å²) < 4.78 is 11.6. The maximum Gasteiger partial charge on any atom is 0.256 e. The summed E-state index contributed by atoms with van der Waals surface area (Å²) in [4.78, 5) is 13.4. The largest absolute Gasteiger partial charge is 0.369 e. The Morgan fingerprint density at radius 3 is 2.59 bits per heavy atom. The highest BCUT2D eigenvalue weighted by Gasteiger charge is 2.35. The monoisotopic (exact) mass is 253 g/mol. The second kappa shape index (κ2) is 4.28. The highest BCUT2D eigenvalue weighted by molar-refractivity contribution is 7.62. The van der Waals surface area contributed by atoms with E-state index in [1.54, 1.807) is 37.6 Å². The lowest BCUT2D eigenvalue weighted by atomic mass is 10.1. The number of aliphatic hydroxyl groups excluding tert-OH is 1. The number of amides is 1. The van der Waals surface area contributed by atoms with Gasteiger partial charge in [-0.05, 0) is 19.4 Å². The first-order valence-electron chi connectivity index (χ1n) is 5.52. The highest BCUT2D eigenvalue weighted by Crippen LogP contribution is 2.38. The summed E-state index contributed by atoms with van der Waals surface area (Å²) in [6, 6.07) is 7.02. The maximum absolute atomic E-state index is 12.0. The Morgan fingerprint density at radius 1 is 1.35 bits per heavy atom. The van der Waals surface area contributed by atoms with Gasteiger partial charge in [-0.2, -0.15) is 0 Å². The molecule has 0 aliphatic carbocycles. The van der Waals surface area contributed by atoms with Crippen LogP contribution < -0.4 is 0 Å². The third-order valence-electron chi connectivity index (χ3n) is 2.90. The van der Waals surface area contributed by atoms with Crippen LogP contribution in [0.3, 0.4) is 0 Å². The number of hydrogen-bond donors (Lipinski definition) is 1. The first-order valence-corrected chi connectivity index (χ1v) is 8.31. The standard InChI is InChI=1S/C12H16NO3P/c1-17(2,16)8-7-13-11(14)9-5-3-4-6-10(9)12(13)15/h3-6,11,14H,7-8H2,1-2H3. The fourth-order valence-corrected chi connectivity index (χ4v) is 2.62. The molecule has 1 N–H and O–H groups in total. The number of hydrogen-bond acceptors (Lipinski definition) is 3. The molecule has 1 aliphatic rings. The summed E-state index contributed by atoms with van der Waals surface area (Å²) in [5, 5.41) is 10.0. The van der Waals surface area contributed by atoms with E-state index in [0.717, 1.165) is 0 Å². The minimum atomic E-state index is -2.17. The molecule has 1 amide bonds. The molecule has 0 aromatic heterocycles. The first-order chi connectivity index (χ1) is 7.90. The molecular formula is C12H16NO3P. The van der Waals surface area contributed by atoms with Crippen LogP contribution in [0.4, 0.5) is 0 Å². The summed E-state index contributed by atoms with van der Waals surface area (Å²) >= 11 is 0. The molecule has 1 aliphatic heterocycles. The van der Waals surface area contributed by atoms with Crippen molar-refractivity contribution in [3.8, 4) is 0 Å². The topological polar surface area (TPSA) is 57.6 Å². The third kappa shape index (κ3) is 2.43. The van der Waals surface area contributed by atoms with Crippen molar-refractivity contribution in [2.75, 3.05) is 26.0 Å². The van der Waals surface area contributed by atoms with Crippen molar-refractivity contribution in [1.29, 1.82) is 0 Å². The number of fused-ring (bicyclic) bond motifs is 1. The molecule has 5 heteroatoms. The number of carbonyl (C=O) groups is 1. The molecule has 0 bridgehead atoms. The van der Waals surface area contributed by atoms with E-state index in [2.05, 4.69) is 0 Å². The Labute approximate surface area is 101 Å². The molecular weight excluding hydrogens is 237 g/mol. The minimum Gasteiger partial charge on any atom is -0.369 e. The molecule has 1 aromatic carbocycles. The quantitative estimate of drug-likeness (QED) is 0.835. The molecule has 0 saturated heterocycles. The van der Waals surface area contributed by atoms with Gasteiger partial charge < -0.3 is 14.6 Å². The molecule has 2 rings (SSSR count). The van der Waals surface area contributed by atoms with Crippen molar-refractivity contribution in [3.63, 3.8) is 0 Å². The molecule has 4 nitrogen and oxygen atoms in total. The molecule has 0 radical (unpaired) electrons. The van der Waals surface area contributed by atoms with Crippen LogP contribution in [0, 0.1) is 0 Å². The van der Waals surface area contributed by atoms with Crippen molar-refractivity contribution in [3.05, 3.63) is 35.4 Å². The Bertz CT molecular complexity index is 494. The fraction of sp³-hybridized carbons (Fsp3) is 0.417. The zero-order valence-corrected chi connectivity index (χ0v) is 10.9. The van der Waals surface area contributed by atoms with Crippen molar-refractivity contribution in [1.82, 2.24) is 4.90 Å². The van der Waals surface area contributed by atoms with Crippen LogP contribution in [0.25, 0.3) is 0 Å². The highest BCUT2D eigenvalue weighted by atomic mass is 31.2. The lowest BCUT2D eigenvalue weighted by Crippen LogP contribution is -2.30. The summed E-state index contributed by atoms with van der Waals surface area (Å²) in [7, 11) is -2.17. The molecule has 17 heavy (non-hydrogen) atoms. The maximum atomic E-state index is 12.0. The molecule has 0 saturated carbocycles. The van der Waals surface area contributed by atoms with Gasteiger partial charge in [0, 0.05) is 23.8 Å². The van der Waals surface area contributed by atoms with E-state index in [-0.39, 0.29) is 5.91 Å². The number of nitrogens with zero attached hydrogens (tertiary/aromatic N) is 1. The van der Waals surface area contributed by atoms with Crippen molar-refractivity contribution >= 4 is 13.0 Å². The van der Waals surface area contributed by atoms with Gasteiger partial charge in [0.05, 0.1) is 7.14 Å². The number of carbonyl (C=O) groups excluding carboxylic acids is 1. The van der Waals surface area contributed by atoms with Crippen LogP contribution in [-0.2, 0) is 4.57 Å². The molecule has 0 spiro atoms. The zero-order valence-electron chi connectivity index (χ0n) is 9.96. The summed E-state index contributed by atoms with van der Waals surface area (Å²) in [5.41, 5.74) is 1.18. The van der Waals surface area contributed by atoms with Crippen LogP contribution in [0.15, 0.2) is 24.3 Å². The summed E-state index contributed by atoms with van der Waals surface area (Å²) in [6.45, 7) is 3.71. The van der Waals surface area contributed by atoms with Crippen LogP contribution in [0.2, 0.25) is 0 Å². The van der Waals surface area contributed by atoms with Gasteiger partial charge >= 0.3 is 0 Å². The number of rotatable bonds is 3. The molecule has 1 heterocycles. The van der Waals surface area contributed by atoms with Crippen LogP contribution in [0.1, 0.15) is 22.1 Å². The van der Waals surface area contributed by atoms with Gasteiger partial charge in [-0.15, -0.1) is 0 Å². The molecule has 0 fully saturated rings. The van der Waals surface area contributed by atoms with E-state index in [0.29, 0.717) is 23.8 Å². The predicted octanol–water partition coefficient (Wildman–Crippen LogP) is 1.76. The lowest BCUT2D eigenvalue weighted by molar-refractivity contribution is 0.0206. The second-order valence-corrected chi connectivity index (χ2v) is 8.35. The predicted molar refractivity (Wildman–Crippen MR) is 66.8 cm³/mol. The van der Waals surface area contributed by atoms with Crippen molar-refractivity contribution in [2.45, 2.75) is 6.23 Å². The molecule has 1 unspecified atom stereocenters. The Morgan fingerprint density at radius 2 is 2.00 bits per heavy atom. The van der Waals surface area contributed by atoms with E-state index in [4.69, 9.17) is 0 Å². The van der Waals surface area contributed by atoms with Gasteiger partial charge in [0.2, 0.25) is 0 Å². The minimum absolute atomic E-state index is 0.179. The second-order valence-electron chi connectivity index (χ2n) is 4.76. The van der Waals surface area contributed by atoms with E-state index in [1.807, 2.05) is 0 Å². The van der Waals surface area contributed by atoms with Gasteiger partial charge in [0.1, 0.15) is 0 Å². The van der Waals surface area contributed by atoms with Gasteiger partial charge in [-0.25, -0.2) is 0 Å². The average Bonchev–Trinajstić information content (AvgIpc) is 2.49. The van der Waals surface area contributed by atoms with Gasteiger partial charge in [-0.1, -0.05) is 18.2 Å². The van der Waals surface area contributed by atoms with Crippen LogP contribution in [0.5, 0.6) is 0 Å². The fourth-order valence-electron chi connectivity index (χ4n) is 1.92. The van der Waals surface area contributed by atoms with Crippen LogP contribution in [-0.4, -0.2) is 41.9 Å². The Hall–Kier alpha value is -1.12. The van der Waals surface area contributed by atoms with Crippen molar-refractivity contribution < 1.29 is 14.5 Å². The van der Waals surface area contributed by atoms with Crippen molar-refractivity contribution in [2.24, 2.45) is 0 Å². The van der Waals surface area contributed by atoms with E-state index < -0.39 is 13.4 Å². The molecule has 1 atom stereocenters. The van der Waals surface area contributed by atoms with Gasteiger partial charge in [-0.3, -0.25) is 4.79 Å². The zero-order chi connectivity index (χ0) is 12.6. The van der Waals surface area contributed by atoms with E-state index in [1.165, 1.54) is 4.90 Å². The van der Waals surface area contributed by atoms with Crippen LogP contribution >= 0.6 is 7.14 Å². The lowest BCUT2D eigenvalue weighted by Gasteiger charge is -2.21. The smallest absolute Gasteiger partial charge is 0.256 e. The van der Waals surface area contributed by atoms with Gasteiger partial charge in [0.25, 0.3) is 5.91 Å². The molecule has 92 valence electrons. The van der Waals surface area contributed by atoms with Gasteiger partial charge in [0.15, 0.2) is 6.23 Å². The first kappa shape index (κ1) is 12.3. The van der Waals surface area contributed by atoms with E-state index in [9.17, 15) is 14.5 Å². The van der Waals surface area contributed by atoms with E-state index >= 15 is 0 Å². The normalized spacial score (nSPS) is 19.6. The number of aliphatic hydroxyl groups is 1. The SMILES string of the molecule is CP(C)(=O)CCN1C(=O)c2ccccc2C1O.